The van der Waals surface area contributed by atoms with Crippen LogP contribution in [0.15, 0.2) is 18.2 Å². The SMILES string of the molecule is CCC1CCc2c(sc(NC(=O)c3cccc(C(=O)Nc4sc5c(c4C(N)=O)CCC(CC)C5)n3)c2C(N)=O)C1. The van der Waals surface area contributed by atoms with E-state index in [-0.39, 0.29) is 11.4 Å². The molecule has 6 N–H and O–H groups in total. The Hall–Kier alpha value is -3.57. The molecule has 210 valence electrons. The molecule has 3 aromatic heterocycles. The van der Waals surface area contributed by atoms with E-state index in [1.54, 1.807) is 6.07 Å². The van der Waals surface area contributed by atoms with Gasteiger partial charge >= 0.3 is 0 Å². The lowest BCUT2D eigenvalue weighted by molar-refractivity contribution is 0.0990. The lowest BCUT2D eigenvalue weighted by Gasteiger charge is -2.20. The van der Waals surface area contributed by atoms with Crippen LogP contribution in [0.4, 0.5) is 10.0 Å². The zero-order valence-electron chi connectivity index (χ0n) is 22.6. The number of fused-ring (bicyclic) bond motifs is 2. The van der Waals surface area contributed by atoms with Crippen molar-refractivity contribution < 1.29 is 19.2 Å². The van der Waals surface area contributed by atoms with Gasteiger partial charge in [-0.25, -0.2) is 4.98 Å². The summed E-state index contributed by atoms with van der Waals surface area (Å²) in [6.07, 6.45) is 7.30. The molecule has 0 saturated heterocycles. The Morgan fingerprint density at radius 1 is 0.800 bits per heavy atom. The molecular formula is C29H33N5O4S2. The predicted octanol–water partition coefficient (Wildman–Crippen LogP) is 4.94. The average Bonchev–Trinajstić information content (AvgIpc) is 3.49. The van der Waals surface area contributed by atoms with E-state index in [1.165, 1.54) is 34.8 Å². The monoisotopic (exact) mass is 579 g/mol. The van der Waals surface area contributed by atoms with Crippen molar-refractivity contribution in [2.75, 3.05) is 10.6 Å². The van der Waals surface area contributed by atoms with Gasteiger partial charge < -0.3 is 22.1 Å². The van der Waals surface area contributed by atoms with Crippen molar-refractivity contribution in [3.05, 3.63) is 61.6 Å². The fourth-order valence-electron chi connectivity index (χ4n) is 5.72. The molecule has 11 heteroatoms. The molecule has 3 heterocycles. The molecule has 0 aromatic carbocycles. The van der Waals surface area contributed by atoms with Gasteiger partial charge in [-0.05, 0) is 73.6 Å². The Morgan fingerprint density at radius 2 is 1.23 bits per heavy atom. The van der Waals surface area contributed by atoms with Crippen LogP contribution >= 0.6 is 22.7 Å². The highest BCUT2D eigenvalue weighted by atomic mass is 32.1. The van der Waals surface area contributed by atoms with Crippen LogP contribution in [0.1, 0.15) is 102 Å². The molecule has 2 unspecified atom stereocenters. The van der Waals surface area contributed by atoms with Gasteiger partial charge in [-0.15, -0.1) is 22.7 Å². The van der Waals surface area contributed by atoms with Crippen LogP contribution in [-0.2, 0) is 25.7 Å². The van der Waals surface area contributed by atoms with Gasteiger partial charge in [-0.3, -0.25) is 19.2 Å². The maximum atomic E-state index is 13.2. The second kappa shape index (κ2) is 11.5. The standard InChI is InChI=1S/C29H33N5O4S2/c1-3-14-8-10-16-20(12-14)39-28(22(16)24(30)35)33-26(37)18-6-5-7-19(32-18)27(38)34-29-23(25(31)36)17-11-9-15(4-2)13-21(17)40-29/h5-7,14-15H,3-4,8-13H2,1-2H3,(H2,30,35)(H2,31,36)(H,33,37)(H,34,38). The van der Waals surface area contributed by atoms with Gasteiger partial charge in [0.2, 0.25) is 0 Å². The molecule has 5 rings (SSSR count). The molecule has 2 aliphatic rings. The Kier molecular flexibility index (Phi) is 8.04. The molecule has 0 saturated carbocycles. The third-order valence-electron chi connectivity index (χ3n) is 8.05. The molecule has 9 nitrogen and oxygen atoms in total. The Balaban J connectivity index is 1.36. The summed E-state index contributed by atoms with van der Waals surface area (Å²) in [5.74, 6) is -1.14. The molecule has 4 amide bonds. The second-order valence-electron chi connectivity index (χ2n) is 10.5. The largest absolute Gasteiger partial charge is 0.365 e. The van der Waals surface area contributed by atoms with E-state index in [4.69, 9.17) is 11.5 Å². The predicted molar refractivity (Wildman–Crippen MR) is 157 cm³/mol. The summed E-state index contributed by atoms with van der Waals surface area (Å²) in [5.41, 5.74) is 14.0. The number of nitrogens with zero attached hydrogens (tertiary/aromatic N) is 1. The van der Waals surface area contributed by atoms with Crippen molar-refractivity contribution in [2.45, 2.75) is 65.2 Å². The highest BCUT2D eigenvalue weighted by Gasteiger charge is 2.30. The number of thiophene rings is 2. The summed E-state index contributed by atoms with van der Waals surface area (Å²) in [7, 11) is 0. The van der Waals surface area contributed by atoms with Gasteiger partial charge in [0.25, 0.3) is 23.6 Å². The highest BCUT2D eigenvalue weighted by molar-refractivity contribution is 7.17. The third kappa shape index (κ3) is 5.40. The third-order valence-corrected chi connectivity index (χ3v) is 10.4. The van der Waals surface area contributed by atoms with Crippen molar-refractivity contribution in [3.8, 4) is 0 Å². The molecule has 2 atom stereocenters. The minimum Gasteiger partial charge on any atom is -0.365 e. The summed E-state index contributed by atoms with van der Waals surface area (Å²) in [6.45, 7) is 4.30. The van der Waals surface area contributed by atoms with Crippen LogP contribution in [0.2, 0.25) is 0 Å². The number of nitrogens with two attached hydrogens (primary N) is 2. The maximum absolute atomic E-state index is 13.2. The number of rotatable bonds is 8. The molecule has 0 spiro atoms. The van der Waals surface area contributed by atoms with Gasteiger partial charge in [0, 0.05) is 9.75 Å². The normalized spacial score (nSPS) is 17.9. The number of carbonyl (C=O) groups excluding carboxylic acids is 4. The van der Waals surface area contributed by atoms with Crippen LogP contribution in [-0.4, -0.2) is 28.6 Å². The number of pyridine rings is 1. The quantitative estimate of drug-likeness (QED) is 0.297. The summed E-state index contributed by atoms with van der Waals surface area (Å²) in [5, 5.41) is 6.44. The number of primary amides is 2. The first kappa shape index (κ1) is 28.0. The highest BCUT2D eigenvalue weighted by Crippen LogP contribution is 2.41. The zero-order chi connectivity index (χ0) is 28.6. The summed E-state index contributed by atoms with van der Waals surface area (Å²) >= 11 is 2.76. The molecular weight excluding hydrogens is 546 g/mol. The topological polar surface area (TPSA) is 157 Å². The first-order chi connectivity index (χ1) is 19.2. The van der Waals surface area contributed by atoms with Crippen molar-refractivity contribution in [2.24, 2.45) is 23.3 Å². The lowest BCUT2D eigenvalue weighted by atomic mass is 9.85. The van der Waals surface area contributed by atoms with E-state index in [0.717, 1.165) is 72.2 Å². The summed E-state index contributed by atoms with van der Waals surface area (Å²) < 4.78 is 0. The zero-order valence-corrected chi connectivity index (χ0v) is 24.2. The van der Waals surface area contributed by atoms with Crippen LogP contribution in [0, 0.1) is 11.8 Å². The second-order valence-corrected chi connectivity index (χ2v) is 12.7. The van der Waals surface area contributed by atoms with Gasteiger partial charge in [-0.1, -0.05) is 32.8 Å². The number of aromatic nitrogens is 1. The van der Waals surface area contributed by atoms with Crippen LogP contribution in [0.5, 0.6) is 0 Å². The van der Waals surface area contributed by atoms with Gasteiger partial charge in [0.05, 0.1) is 11.1 Å². The van der Waals surface area contributed by atoms with E-state index in [2.05, 4.69) is 29.5 Å². The van der Waals surface area contributed by atoms with Gasteiger partial charge in [-0.2, -0.15) is 0 Å². The fraction of sp³-hybridized carbons (Fsp3) is 0.414. The van der Waals surface area contributed by atoms with Crippen molar-refractivity contribution in [3.63, 3.8) is 0 Å². The van der Waals surface area contributed by atoms with Crippen molar-refractivity contribution in [1.82, 2.24) is 4.98 Å². The molecule has 3 aromatic rings. The van der Waals surface area contributed by atoms with E-state index in [9.17, 15) is 19.2 Å². The van der Waals surface area contributed by atoms with E-state index in [1.807, 2.05) is 0 Å². The van der Waals surface area contributed by atoms with E-state index in [0.29, 0.717) is 33.0 Å². The molecule has 0 bridgehead atoms. The number of carbonyl (C=O) groups is 4. The maximum Gasteiger partial charge on any atom is 0.274 e. The number of nitrogens with one attached hydrogen (secondary N) is 2. The molecule has 2 aliphatic carbocycles. The fourth-order valence-corrected chi connectivity index (χ4v) is 8.45. The van der Waals surface area contributed by atoms with Gasteiger partial charge in [0.1, 0.15) is 21.4 Å². The Bertz CT molecular complexity index is 1400. The Labute approximate surface area is 240 Å². The van der Waals surface area contributed by atoms with Crippen LogP contribution in [0.25, 0.3) is 0 Å². The lowest BCUT2D eigenvalue weighted by Crippen LogP contribution is -2.22. The number of amides is 4. The first-order valence-corrected chi connectivity index (χ1v) is 15.3. The summed E-state index contributed by atoms with van der Waals surface area (Å²) in [6, 6.07) is 4.57. The minimum absolute atomic E-state index is 0.0206. The molecule has 0 fully saturated rings. The van der Waals surface area contributed by atoms with Gasteiger partial charge in [0.15, 0.2) is 0 Å². The minimum atomic E-state index is -0.571. The smallest absolute Gasteiger partial charge is 0.274 e. The summed E-state index contributed by atoms with van der Waals surface area (Å²) in [4.78, 5) is 57.4. The molecule has 0 aliphatic heterocycles. The average molecular weight is 580 g/mol. The van der Waals surface area contributed by atoms with E-state index < -0.39 is 23.6 Å². The van der Waals surface area contributed by atoms with Crippen LogP contribution < -0.4 is 22.1 Å². The number of hydrogen-bond donors (Lipinski definition) is 4. The number of anilines is 2. The van der Waals surface area contributed by atoms with Crippen molar-refractivity contribution >= 4 is 56.3 Å². The van der Waals surface area contributed by atoms with Crippen LogP contribution in [0.3, 0.4) is 0 Å². The molecule has 0 radical (unpaired) electrons. The van der Waals surface area contributed by atoms with Crippen molar-refractivity contribution in [1.29, 1.82) is 0 Å². The molecule has 40 heavy (non-hydrogen) atoms. The van der Waals surface area contributed by atoms with E-state index >= 15 is 0 Å². The Morgan fingerprint density at radius 3 is 1.60 bits per heavy atom. The first-order valence-electron chi connectivity index (χ1n) is 13.7. The number of hydrogen-bond acceptors (Lipinski definition) is 7.